The van der Waals surface area contributed by atoms with Crippen LogP contribution in [0.5, 0.6) is 0 Å². The topological polar surface area (TPSA) is 75.6 Å². The van der Waals surface area contributed by atoms with Gasteiger partial charge in [-0.15, -0.1) is 0 Å². The monoisotopic (exact) mass is 315 g/mol. The molecular formula is C16H26FNO4. The maximum absolute atomic E-state index is 13.0. The summed E-state index contributed by atoms with van der Waals surface area (Å²) in [5, 5.41) is 11.6. The standard InChI is InChI=1S/C16H26FNO4/c1-7-12(10(2)8-11(3)17)13(9-14(19)20)18-15(21)22-16(4,5)6/h8,12-13H,3,7,9H2,1-2,4-6H3,(H,18,21)(H,19,20). The Hall–Kier alpha value is -1.85. The summed E-state index contributed by atoms with van der Waals surface area (Å²) in [6.45, 7) is 11.8. The molecule has 0 spiro atoms. The van der Waals surface area contributed by atoms with E-state index in [1.165, 1.54) is 6.08 Å². The first-order chi connectivity index (χ1) is 9.96. The predicted octanol–water partition coefficient (Wildman–Crippen LogP) is 3.81. The zero-order chi connectivity index (χ0) is 17.5. The molecule has 0 heterocycles. The average molecular weight is 315 g/mol. The summed E-state index contributed by atoms with van der Waals surface area (Å²) in [7, 11) is 0. The van der Waals surface area contributed by atoms with Gasteiger partial charge < -0.3 is 15.2 Å². The van der Waals surface area contributed by atoms with Crippen LogP contribution in [0.1, 0.15) is 47.5 Å². The molecule has 6 heteroatoms. The van der Waals surface area contributed by atoms with Crippen LogP contribution in [-0.2, 0) is 9.53 Å². The van der Waals surface area contributed by atoms with Crippen molar-refractivity contribution in [3.8, 4) is 0 Å². The molecule has 2 atom stereocenters. The zero-order valence-electron chi connectivity index (χ0n) is 13.9. The van der Waals surface area contributed by atoms with E-state index in [1.54, 1.807) is 27.7 Å². The summed E-state index contributed by atoms with van der Waals surface area (Å²) in [6, 6.07) is -0.687. The molecule has 0 aromatic carbocycles. The number of carboxylic acid groups (broad SMARTS) is 1. The van der Waals surface area contributed by atoms with Crippen LogP contribution in [0.4, 0.5) is 9.18 Å². The Bertz CT molecular complexity index is 452. The first-order valence-corrected chi connectivity index (χ1v) is 7.20. The number of carboxylic acids is 1. The number of halogens is 1. The highest BCUT2D eigenvalue weighted by Gasteiger charge is 2.28. The van der Waals surface area contributed by atoms with E-state index in [9.17, 15) is 14.0 Å². The lowest BCUT2D eigenvalue weighted by Crippen LogP contribution is -2.44. The second kappa shape index (κ2) is 8.56. The van der Waals surface area contributed by atoms with Gasteiger partial charge >= 0.3 is 12.1 Å². The van der Waals surface area contributed by atoms with Gasteiger partial charge in [0, 0.05) is 12.0 Å². The van der Waals surface area contributed by atoms with Gasteiger partial charge in [0.1, 0.15) is 11.4 Å². The van der Waals surface area contributed by atoms with E-state index < -0.39 is 29.5 Å². The van der Waals surface area contributed by atoms with E-state index in [0.717, 1.165) is 0 Å². The molecule has 2 N–H and O–H groups in total. The second-order valence-corrected chi connectivity index (χ2v) is 6.20. The number of alkyl carbamates (subject to hydrolysis) is 1. The summed E-state index contributed by atoms with van der Waals surface area (Å²) in [5.41, 5.74) is -0.0604. The maximum Gasteiger partial charge on any atom is 0.407 e. The Balaban J connectivity index is 5.20. The van der Waals surface area contributed by atoms with Gasteiger partial charge in [-0.2, -0.15) is 0 Å². The minimum absolute atomic E-state index is 0.276. The van der Waals surface area contributed by atoms with Crippen LogP contribution in [0.2, 0.25) is 0 Å². The lowest BCUT2D eigenvalue weighted by Gasteiger charge is -2.28. The molecule has 0 saturated heterocycles. The fraction of sp³-hybridized carbons (Fsp3) is 0.625. The third kappa shape index (κ3) is 8.44. The van der Waals surface area contributed by atoms with Crippen molar-refractivity contribution in [1.82, 2.24) is 5.32 Å². The van der Waals surface area contributed by atoms with Gasteiger partial charge in [-0.3, -0.25) is 4.79 Å². The molecule has 0 aromatic rings. The molecule has 0 aliphatic carbocycles. The highest BCUT2D eigenvalue weighted by Crippen LogP contribution is 2.23. The molecular weight excluding hydrogens is 289 g/mol. The number of amides is 1. The smallest absolute Gasteiger partial charge is 0.407 e. The average Bonchev–Trinajstić information content (AvgIpc) is 2.24. The number of carbonyl (C=O) groups excluding carboxylic acids is 1. The van der Waals surface area contributed by atoms with Crippen molar-refractivity contribution in [3.05, 3.63) is 24.1 Å². The van der Waals surface area contributed by atoms with Crippen LogP contribution in [0.15, 0.2) is 24.1 Å². The van der Waals surface area contributed by atoms with Crippen molar-refractivity contribution in [2.24, 2.45) is 5.92 Å². The summed E-state index contributed by atoms with van der Waals surface area (Å²) in [6.07, 6.45) is 0.828. The maximum atomic E-state index is 13.0. The fourth-order valence-electron chi connectivity index (χ4n) is 2.22. The molecule has 22 heavy (non-hydrogen) atoms. The van der Waals surface area contributed by atoms with E-state index in [1.807, 2.05) is 6.92 Å². The number of hydrogen-bond donors (Lipinski definition) is 2. The van der Waals surface area contributed by atoms with E-state index in [0.29, 0.717) is 12.0 Å². The lowest BCUT2D eigenvalue weighted by atomic mass is 9.87. The van der Waals surface area contributed by atoms with Gasteiger partial charge in [-0.25, -0.2) is 9.18 Å². The van der Waals surface area contributed by atoms with Crippen LogP contribution in [-0.4, -0.2) is 28.8 Å². The molecule has 0 rings (SSSR count). The summed E-state index contributed by atoms with van der Waals surface area (Å²) < 4.78 is 18.1. The number of carbonyl (C=O) groups is 2. The Morgan fingerprint density at radius 1 is 1.41 bits per heavy atom. The fourth-order valence-corrected chi connectivity index (χ4v) is 2.22. The SMILES string of the molecule is C=C(F)C=C(C)C(CC)C(CC(=O)O)NC(=O)OC(C)(C)C. The number of aliphatic carboxylic acids is 1. The van der Waals surface area contributed by atoms with Gasteiger partial charge in [0.05, 0.1) is 6.42 Å². The predicted molar refractivity (Wildman–Crippen MR) is 83.2 cm³/mol. The van der Waals surface area contributed by atoms with Crippen molar-refractivity contribution in [1.29, 1.82) is 0 Å². The molecule has 0 fully saturated rings. The molecule has 0 bridgehead atoms. The molecule has 0 saturated carbocycles. The van der Waals surface area contributed by atoms with Crippen LogP contribution in [0.3, 0.4) is 0 Å². The zero-order valence-corrected chi connectivity index (χ0v) is 13.9. The van der Waals surface area contributed by atoms with E-state index in [2.05, 4.69) is 11.9 Å². The van der Waals surface area contributed by atoms with E-state index in [-0.39, 0.29) is 12.3 Å². The second-order valence-electron chi connectivity index (χ2n) is 6.20. The minimum atomic E-state index is -1.05. The number of ether oxygens (including phenoxy) is 1. The third-order valence-corrected chi connectivity index (χ3v) is 2.99. The van der Waals surface area contributed by atoms with Gasteiger partial charge in [-0.1, -0.05) is 19.1 Å². The summed E-state index contributed by atoms with van der Waals surface area (Å²) >= 11 is 0. The highest BCUT2D eigenvalue weighted by molar-refractivity contribution is 5.71. The minimum Gasteiger partial charge on any atom is -0.481 e. The van der Waals surface area contributed by atoms with Crippen LogP contribution in [0.25, 0.3) is 0 Å². The number of nitrogens with one attached hydrogen (secondary N) is 1. The van der Waals surface area contributed by atoms with Crippen LogP contribution < -0.4 is 5.32 Å². The Morgan fingerprint density at radius 3 is 2.32 bits per heavy atom. The molecule has 1 amide bonds. The molecule has 2 unspecified atom stereocenters. The highest BCUT2D eigenvalue weighted by atomic mass is 19.1. The normalized spacial score (nSPS) is 14.9. The Labute approximate surface area is 131 Å². The first kappa shape index (κ1) is 20.1. The van der Waals surface area contributed by atoms with Crippen molar-refractivity contribution in [2.75, 3.05) is 0 Å². The quantitative estimate of drug-likeness (QED) is 0.700. The molecule has 0 aliphatic heterocycles. The van der Waals surface area contributed by atoms with Crippen molar-refractivity contribution in [2.45, 2.75) is 59.1 Å². The van der Waals surface area contributed by atoms with Crippen LogP contribution in [0, 0.1) is 5.92 Å². The number of allylic oxidation sites excluding steroid dienone is 2. The first-order valence-electron chi connectivity index (χ1n) is 7.20. The number of rotatable bonds is 7. The van der Waals surface area contributed by atoms with Gasteiger partial charge in [-0.05, 0) is 40.2 Å². The largest absolute Gasteiger partial charge is 0.481 e. The van der Waals surface area contributed by atoms with Gasteiger partial charge in [0.15, 0.2) is 0 Å². The van der Waals surface area contributed by atoms with E-state index in [4.69, 9.17) is 9.84 Å². The van der Waals surface area contributed by atoms with Crippen molar-refractivity contribution >= 4 is 12.1 Å². The lowest BCUT2D eigenvalue weighted by molar-refractivity contribution is -0.137. The summed E-state index contributed by atoms with van der Waals surface area (Å²) in [5.74, 6) is -1.98. The summed E-state index contributed by atoms with van der Waals surface area (Å²) in [4.78, 5) is 22.9. The molecule has 0 aromatic heterocycles. The van der Waals surface area contributed by atoms with Crippen molar-refractivity contribution < 1.29 is 23.8 Å². The van der Waals surface area contributed by atoms with Crippen LogP contribution >= 0.6 is 0 Å². The van der Waals surface area contributed by atoms with E-state index >= 15 is 0 Å². The molecule has 5 nitrogen and oxygen atoms in total. The molecule has 0 aliphatic rings. The number of hydrogen-bond acceptors (Lipinski definition) is 3. The van der Waals surface area contributed by atoms with Crippen molar-refractivity contribution in [3.63, 3.8) is 0 Å². The Morgan fingerprint density at radius 2 is 1.95 bits per heavy atom. The molecule has 126 valence electrons. The molecule has 0 radical (unpaired) electrons. The Kier molecular flexibility index (Phi) is 7.84. The van der Waals surface area contributed by atoms with Gasteiger partial charge in [0.25, 0.3) is 0 Å². The van der Waals surface area contributed by atoms with Gasteiger partial charge in [0.2, 0.25) is 0 Å². The third-order valence-electron chi connectivity index (χ3n) is 2.99.